The average molecular weight is 495 g/mol. The highest BCUT2D eigenvalue weighted by Crippen LogP contribution is 2.36. The molecule has 0 fully saturated rings. The van der Waals surface area contributed by atoms with Crippen LogP contribution in [0.2, 0.25) is 5.02 Å². The number of rotatable bonds is 6. The standard InChI is InChI=1S/C22H18ClF3N4O4/c1-27-20(31)18-19(33-2)17(9-10-28-18)34-14-6-3-12(4-7-14)29-21(32)30-13-5-8-16(23)15(11-13)22(24,25)26/h3-11H,1-2H3,(H,27,31)(H2,29,30,32). The largest absolute Gasteiger partial charge is 0.491 e. The summed E-state index contributed by atoms with van der Waals surface area (Å²) in [7, 11) is 2.83. The number of methoxy groups -OCH3 is 1. The van der Waals surface area contributed by atoms with E-state index in [9.17, 15) is 22.8 Å². The molecule has 0 atom stereocenters. The van der Waals surface area contributed by atoms with E-state index in [4.69, 9.17) is 21.1 Å². The normalized spacial score (nSPS) is 10.9. The van der Waals surface area contributed by atoms with E-state index in [0.29, 0.717) is 11.4 Å². The number of hydrogen-bond acceptors (Lipinski definition) is 5. The Morgan fingerprint density at radius 3 is 2.26 bits per heavy atom. The van der Waals surface area contributed by atoms with Crippen LogP contribution in [0.1, 0.15) is 16.1 Å². The SMILES string of the molecule is CNC(=O)c1nccc(Oc2ccc(NC(=O)Nc3ccc(Cl)c(C(F)(F)F)c3)cc2)c1OC. The smallest absolute Gasteiger partial charge is 0.417 e. The fraction of sp³-hybridized carbons (Fsp3) is 0.136. The van der Waals surface area contributed by atoms with Gasteiger partial charge >= 0.3 is 12.2 Å². The first-order valence-electron chi connectivity index (χ1n) is 9.60. The Labute approximate surface area is 197 Å². The summed E-state index contributed by atoms with van der Waals surface area (Å²) >= 11 is 5.58. The Morgan fingerprint density at radius 1 is 1.00 bits per heavy atom. The molecule has 34 heavy (non-hydrogen) atoms. The van der Waals surface area contributed by atoms with Gasteiger partial charge in [-0.3, -0.25) is 4.79 Å². The maximum atomic E-state index is 13.0. The Hall–Kier alpha value is -3.99. The summed E-state index contributed by atoms with van der Waals surface area (Å²) in [5, 5.41) is 6.81. The van der Waals surface area contributed by atoms with Gasteiger partial charge in [0.2, 0.25) is 0 Å². The summed E-state index contributed by atoms with van der Waals surface area (Å²) in [5.74, 6) is 0.309. The highest BCUT2D eigenvalue weighted by molar-refractivity contribution is 6.31. The van der Waals surface area contributed by atoms with Crippen LogP contribution in [0.4, 0.5) is 29.3 Å². The molecule has 0 saturated heterocycles. The molecule has 0 aliphatic heterocycles. The van der Waals surface area contributed by atoms with Crippen molar-refractivity contribution >= 4 is 34.9 Å². The lowest BCUT2D eigenvalue weighted by Crippen LogP contribution is -2.20. The minimum Gasteiger partial charge on any atom is -0.491 e. The molecule has 178 valence electrons. The monoisotopic (exact) mass is 494 g/mol. The highest BCUT2D eigenvalue weighted by Gasteiger charge is 2.33. The van der Waals surface area contributed by atoms with Crippen molar-refractivity contribution in [3.8, 4) is 17.2 Å². The summed E-state index contributed by atoms with van der Waals surface area (Å²) < 4.78 is 49.9. The van der Waals surface area contributed by atoms with Gasteiger partial charge in [0.15, 0.2) is 17.2 Å². The molecule has 1 aromatic heterocycles. The molecule has 3 N–H and O–H groups in total. The molecule has 0 spiro atoms. The van der Waals surface area contributed by atoms with Crippen molar-refractivity contribution < 1.29 is 32.2 Å². The van der Waals surface area contributed by atoms with Gasteiger partial charge in [-0.15, -0.1) is 0 Å². The quantitative estimate of drug-likeness (QED) is 0.416. The summed E-state index contributed by atoms with van der Waals surface area (Å²) in [6.07, 6.45) is -3.26. The molecule has 1 heterocycles. The molecular formula is C22H18ClF3N4O4. The van der Waals surface area contributed by atoms with Crippen LogP contribution in [-0.2, 0) is 6.18 Å². The van der Waals surface area contributed by atoms with Crippen LogP contribution in [0.5, 0.6) is 17.2 Å². The fourth-order valence-electron chi connectivity index (χ4n) is 2.84. The first kappa shape index (κ1) is 24.6. The topological polar surface area (TPSA) is 102 Å². The van der Waals surface area contributed by atoms with E-state index in [1.54, 1.807) is 12.1 Å². The number of hydrogen-bond donors (Lipinski definition) is 3. The molecule has 0 saturated carbocycles. The van der Waals surface area contributed by atoms with E-state index in [1.165, 1.54) is 44.6 Å². The van der Waals surface area contributed by atoms with Crippen molar-refractivity contribution in [2.24, 2.45) is 0 Å². The van der Waals surface area contributed by atoms with Crippen molar-refractivity contribution in [3.63, 3.8) is 0 Å². The Bertz CT molecular complexity index is 1200. The predicted octanol–water partition coefficient (Wildman–Crippen LogP) is 5.56. The minimum atomic E-state index is -4.65. The van der Waals surface area contributed by atoms with Crippen molar-refractivity contribution in [1.82, 2.24) is 10.3 Å². The molecule has 0 aliphatic rings. The first-order valence-corrected chi connectivity index (χ1v) is 9.98. The molecule has 3 amide bonds. The van der Waals surface area contributed by atoms with Gasteiger partial charge in [-0.2, -0.15) is 13.2 Å². The zero-order valence-corrected chi connectivity index (χ0v) is 18.5. The Morgan fingerprint density at radius 2 is 1.65 bits per heavy atom. The third-order valence-electron chi connectivity index (χ3n) is 4.38. The van der Waals surface area contributed by atoms with E-state index in [1.807, 2.05) is 0 Å². The van der Waals surface area contributed by atoms with Crippen molar-refractivity contribution in [2.45, 2.75) is 6.18 Å². The van der Waals surface area contributed by atoms with Crippen LogP contribution in [0.3, 0.4) is 0 Å². The zero-order chi connectivity index (χ0) is 24.9. The van der Waals surface area contributed by atoms with Crippen molar-refractivity contribution in [3.05, 3.63) is 71.0 Å². The molecule has 0 bridgehead atoms. The molecule has 0 radical (unpaired) electrons. The number of amides is 3. The van der Waals surface area contributed by atoms with Crippen LogP contribution in [0, 0.1) is 0 Å². The van der Waals surface area contributed by atoms with Crippen LogP contribution < -0.4 is 25.4 Å². The van der Waals surface area contributed by atoms with Crippen molar-refractivity contribution in [2.75, 3.05) is 24.8 Å². The lowest BCUT2D eigenvalue weighted by atomic mass is 10.2. The number of anilines is 2. The van der Waals surface area contributed by atoms with E-state index in [0.717, 1.165) is 12.1 Å². The number of carbonyl (C=O) groups is 2. The lowest BCUT2D eigenvalue weighted by Gasteiger charge is -2.14. The fourth-order valence-corrected chi connectivity index (χ4v) is 3.06. The predicted molar refractivity (Wildman–Crippen MR) is 120 cm³/mol. The number of benzene rings is 2. The summed E-state index contributed by atoms with van der Waals surface area (Å²) in [5.41, 5.74) is -0.735. The Balaban J connectivity index is 1.68. The number of urea groups is 1. The third-order valence-corrected chi connectivity index (χ3v) is 4.71. The summed E-state index contributed by atoms with van der Waals surface area (Å²) in [6.45, 7) is 0. The maximum absolute atomic E-state index is 13.0. The Kier molecular flexibility index (Phi) is 7.47. The molecule has 8 nitrogen and oxygen atoms in total. The molecule has 3 rings (SSSR count). The van der Waals surface area contributed by atoms with Gasteiger partial charge in [0.05, 0.1) is 17.7 Å². The molecular weight excluding hydrogens is 477 g/mol. The van der Waals surface area contributed by atoms with Gasteiger partial charge in [-0.05, 0) is 42.5 Å². The van der Waals surface area contributed by atoms with Crippen LogP contribution >= 0.6 is 11.6 Å². The first-order chi connectivity index (χ1) is 16.1. The lowest BCUT2D eigenvalue weighted by molar-refractivity contribution is -0.137. The highest BCUT2D eigenvalue weighted by atomic mass is 35.5. The molecule has 0 unspecified atom stereocenters. The summed E-state index contributed by atoms with van der Waals surface area (Å²) in [4.78, 5) is 28.1. The van der Waals surface area contributed by atoms with Crippen LogP contribution in [0.25, 0.3) is 0 Å². The van der Waals surface area contributed by atoms with E-state index >= 15 is 0 Å². The van der Waals surface area contributed by atoms with Gasteiger partial charge < -0.3 is 25.4 Å². The number of nitrogens with zero attached hydrogens (tertiary/aromatic N) is 1. The van der Waals surface area contributed by atoms with E-state index < -0.39 is 28.7 Å². The van der Waals surface area contributed by atoms with E-state index in [-0.39, 0.29) is 22.9 Å². The average Bonchev–Trinajstić information content (AvgIpc) is 2.80. The number of carbonyl (C=O) groups excluding carboxylic acids is 2. The number of ether oxygens (including phenoxy) is 2. The second kappa shape index (κ2) is 10.3. The van der Waals surface area contributed by atoms with Gasteiger partial charge in [0.1, 0.15) is 5.75 Å². The number of alkyl halides is 3. The van der Waals surface area contributed by atoms with Crippen LogP contribution in [0.15, 0.2) is 54.7 Å². The second-order valence-corrected chi connectivity index (χ2v) is 7.08. The van der Waals surface area contributed by atoms with Crippen molar-refractivity contribution in [1.29, 1.82) is 0 Å². The molecule has 12 heteroatoms. The molecule has 3 aromatic rings. The minimum absolute atomic E-state index is 0.0494. The van der Waals surface area contributed by atoms with Gasteiger partial charge in [0.25, 0.3) is 5.91 Å². The maximum Gasteiger partial charge on any atom is 0.417 e. The number of halogens is 4. The van der Waals surface area contributed by atoms with E-state index in [2.05, 4.69) is 20.9 Å². The second-order valence-electron chi connectivity index (χ2n) is 6.67. The number of aromatic nitrogens is 1. The molecule has 2 aromatic carbocycles. The number of nitrogens with one attached hydrogen (secondary N) is 3. The number of pyridine rings is 1. The zero-order valence-electron chi connectivity index (χ0n) is 17.8. The van der Waals surface area contributed by atoms with Gasteiger partial charge in [-0.1, -0.05) is 11.6 Å². The third kappa shape index (κ3) is 5.87. The summed E-state index contributed by atoms with van der Waals surface area (Å²) in [6, 6.07) is 9.93. The van der Waals surface area contributed by atoms with Gasteiger partial charge in [0, 0.05) is 30.7 Å². The van der Waals surface area contributed by atoms with Gasteiger partial charge in [-0.25, -0.2) is 9.78 Å². The molecule has 0 aliphatic carbocycles. The van der Waals surface area contributed by atoms with Crippen LogP contribution in [-0.4, -0.2) is 31.1 Å².